The van der Waals surface area contributed by atoms with Gasteiger partial charge in [0.25, 0.3) is 0 Å². The van der Waals surface area contributed by atoms with Crippen molar-refractivity contribution in [2.75, 3.05) is 0 Å². The van der Waals surface area contributed by atoms with Crippen LogP contribution in [0.5, 0.6) is 0 Å². The first kappa shape index (κ1) is 55.0. The normalized spacial score (nSPS) is 12.7. The van der Waals surface area contributed by atoms with E-state index in [1.54, 1.807) is 0 Å². The van der Waals surface area contributed by atoms with Gasteiger partial charge in [-0.25, -0.2) is 15.0 Å². The number of rotatable bonds is 7. The van der Waals surface area contributed by atoms with Gasteiger partial charge in [0.2, 0.25) is 0 Å². The molecule has 1 aliphatic carbocycles. The van der Waals surface area contributed by atoms with Crippen LogP contribution >= 0.6 is 0 Å². The minimum atomic E-state index is 0.566. The minimum Gasteiger partial charge on any atom is -0.309 e. The van der Waals surface area contributed by atoms with E-state index in [4.69, 9.17) is 15.0 Å². The summed E-state index contributed by atoms with van der Waals surface area (Å²) in [6, 6.07) is 114. The van der Waals surface area contributed by atoms with E-state index in [0.717, 1.165) is 107 Å². The zero-order valence-corrected chi connectivity index (χ0v) is 54.1. The summed E-state index contributed by atoms with van der Waals surface area (Å²) in [7, 11) is 0. The molecule has 0 N–H and O–H groups in total. The molecule has 21 aromatic rings. The van der Waals surface area contributed by atoms with Crippen molar-refractivity contribution in [3.05, 3.63) is 327 Å². The number of para-hydroxylation sites is 1. The van der Waals surface area contributed by atoms with Gasteiger partial charge < -0.3 is 18.3 Å². The first-order valence-corrected chi connectivity index (χ1v) is 34.5. The van der Waals surface area contributed by atoms with E-state index in [1.807, 2.05) is 0 Å². The van der Waals surface area contributed by atoms with Crippen LogP contribution in [-0.2, 0) is 6.42 Å². The summed E-state index contributed by atoms with van der Waals surface area (Å²) in [5, 5.41) is 21.3. The molecule has 0 atom stereocenters. The Morgan fingerprint density at radius 3 is 1.29 bits per heavy atom. The number of aryl methyl sites for hydroxylation is 1. The summed E-state index contributed by atoms with van der Waals surface area (Å²) in [6.07, 6.45) is 6.67. The fourth-order valence-corrected chi connectivity index (χ4v) is 17.1. The zero-order valence-electron chi connectivity index (χ0n) is 54.1. The standard InChI is InChI=1S/C93H57N7/c1-3-25-62(26-4-1)91-94-92(65-36-35-56-19-7-9-27-63(56)51-65)96-93(95-91)66-53-69(55-70(54-66)100-86-72-32-16-12-22-59(72)39-44-76(86)78-47-49-81-83(90(78)100)79-45-40-60-23-13-17-33-73(60)87(79)97(81)67-29-5-2-6-30-67)98-82-50-48-77-75-43-38-58-21-11-15-31-71(58)85(75)99(68-42-37-57-20-8-10-28-64(57)52-68)89(77)84(82)80-46-41-61-24-14-18-34-74(61)88(80)98/h1-13,15-23,25-55H,14,24H2. The number of hydrogen-bond donors (Lipinski definition) is 0. The van der Waals surface area contributed by atoms with Crippen molar-refractivity contribution in [2.24, 2.45) is 0 Å². The topological polar surface area (TPSA) is 58.4 Å². The lowest BCUT2D eigenvalue weighted by Crippen LogP contribution is -2.05. The smallest absolute Gasteiger partial charge is 0.164 e. The van der Waals surface area contributed by atoms with Crippen LogP contribution in [0, 0.1) is 0 Å². The lowest BCUT2D eigenvalue weighted by Gasteiger charge is -2.18. The summed E-state index contributed by atoms with van der Waals surface area (Å²) < 4.78 is 10.3. The molecule has 0 radical (unpaired) electrons. The second-order valence-electron chi connectivity index (χ2n) is 26.9. The molecule has 100 heavy (non-hydrogen) atoms. The van der Waals surface area contributed by atoms with Gasteiger partial charge in [-0.05, 0) is 117 Å². The van der Waals surface area contributed by atoms with E-state index in [1.165, 1.54) is 97.7 Å². The predicted molar refractivity (Wildman–Crippen MR) is 418 cm³/mol. The Morgan fingerprint density at radius 2 is 0.670 bits per heavy atom. The molecule has 0 saturated heterocycles. The van der Waals surface area contributed by atoms with Crippen molar-refractivity contribution in [1.29, 1.82) is 0 Å². The monoisotopic (exact) mass is 1270 g/mol. The summed E-state index contributed by atoms with van der Waals surface area (Å²) >= 11 is 0. The van der Waals surface area contributed by atoms with Crippen molar-refractivity contribution < 1.29 is 0 Å². The van der Waals surface area contributed by atoms with Crippen LogP contribution in [0.25, 0.3) is 204 Å². The van der Waals surface area contributed by atoms with Gasteiger partial charge in [-0.2, -0.15) is 0 Å². The Kier molecular flexibility index (Phi) is 11.6. The molecule has 1 aliphatic rings. The first-order chi connectivity index (χ1) is 49.6. The Morgan fingerprint density at radius 1 is 0.240 bits per heavy atom. The summed E-state index contributed by atoms with van der Waals surface area (Å²) in [5.41, 5.74) is 18.6. The van der Waals surface area contributed by atoms with Crippen molar-refractivity contribution >= 4 is 147 Å². The number of aromatic nitrogens is 7. The molecule has 0 unspecified atom stereocenters. The molecule has 0 saturated carbocycles. The van der Waals surface area contributed by atoms with Crippen LogP contribution in [0.15, 0.2) is 315 Å². The van der Waals surface area contributed by atoms with E-state index in [-0.39, 0.29) is 0 Å². The average molecular weight is 1270 g/mol. The van der Waals surface area contributed by atoms with Crippen LogP contribution in [0.1, 0.15) is 17.5 Å². The predicted octanol–water partition coefficient (Wildman–Crippen LogP) is 24.0. The van der Waals surface area contributed by atoms with Crippen LogP contribution in [0.4, 0.5) is 0 Å². The molecule has 0 fully saturated rings. The number of fused-ring (bicyclic) bond motifs is 24. The van der Waals surface area contributed by atoms with Crippen molar-refractivity contribution in [3.8, 4) is 56.9 Å². The van der Waals surface area contributed by atoms with Crippen LogP contribution in [-0.4, -0.2) is 33.2 Å². The molecule has 5 heterocycles. The molecule has 464 valence electrons. The Bertz CT molecular complexity index is 7140. The maximum atomic E-state index is 5.68. The van der Waals surface area contributed by atoms with E-state index in [2.05, 4.69) is 340 Å². The maximum absolute atomic E-state index is 5.68. The molecule has 7 heteroatoms. The van der Waals surface area contributed by atoms with Gasteiger partial charge in [-0.3, -0.25) is 0 Å². The van der Waals surface area contributed by atoms with Gasteiger partial charge >= 0.3 is 0 Å². The van der Waals surface area contributed by atoms with E-state index in [9.17, 15) is 0 Å². The average Bonchev–Trinajstić information content (AvgIpc) is 1.53. The van der Waals surface area contributed by atoms with E-state index < -0.39 is 0 Å². The van der Waals surface area contributed by atoms with Gasteiger partial charge in [-0.15, -0.1) is 0 Å². The molecule has 0 amide bonds. The zero-order chi connectivity index (χ0) is 65.3. The SMILES string of the molecule is C1=Cc2c(ccc3c4c(ccc5c6ccc7ccccc7c6n(-c6ccc7ccccc7c6)c54)n(-c4cc(-c5nc(-c6ccccc6)nc(-c6ccc7ccccc7c6)n5)cc(-n5c6c7ccccc7ccc6c6ccc7c(c8ccc9ccccc9c8n7-c7ccccc7)c65)c4)c23)CC1. The summed E-state index contributed by atoms with van der Waals surface area (Å²) in [5.74, 6) is 1.76. The molecular weight excluding hydrogens is 1220 g/mol. The van der Waals surface area contributed by atoms with Crippen LogP contribution in [0.3, 0.4) is 0 Å². The van der Waals surface area contributed by atoms with Crippen molar-refractivity contribution in [3.63, 3.8) is 0 Å². The molecular formula is C93H57N7. The quantitative estimate of drug-likeness (QED) is 0.160. The summed E-state index contributed by atoms with van der Waals surface area (Å²) in [6.45, 7) is 0. The third-order valence-corrected chi connectivity index (χ3v) is 21.5. The van der Waals surface area contributed by atoms with Gasteiger partial charge in [0.1, 0.15) is 0 Å². The third kappa shape index (κ3) is 8.00. The van der Waals surface area contributed by atoms with Gasteiger partial charge in [0.15, 0.2) is 17.5 Å². The number of nitrogens with zero attached hydrogens (tertiary/aromatic N) is 7. The highest BCUT2D eigenvalue weighted by atomic mass is 15.1. The molecule has 7 nitrogen and oxygen atoms in total. The highest BCUT2D eigenvalue weighted by Gasteiger charge is 2.29. The molecule has 0 aliphatic heterocycles. The van der Waals surface area contributed by atoms with Crippen LogP contribution in [0.2, 0.25) is 0 Å². The van der Waals surface area contributed by atoms with Gasteiger partial charge in [-0.1, -0.05) is 261 Å². The number of benzene rings is 16. The Balaban J connectivity index is 0.928. The molecule has 0 bridgehead atoms. The fraction of sp³-hybridized carbons (Fsp3) is 0.0215. The third-order valence-electron chi connectivity index (χ3n) is 21.5. The molecule has 0 spiro atoms. The summed E-state index contributed by atoms with van der Waals surface area (Å²) in [4.78, 5) is 16.7. The number of hydrogen-bond acceptors (Lipinski definition) is 3. The second kappa shape index (κ2) is 21.1. The Labute approximate surface area is 573 Å². The minimum absolute atomic E-state index is 0.566. The van der Waals surface area contributed by atoms with Crippen molar-refractivity contribution in [1.82, 2.24) is 33.2 Å². The first-order valence-electron chi connectivity index (χ1n) is 34.5. The highest BCUT2D eigenvalue weighted by molar-refractivity contribution is 6.32. The Hall–Kier alpha value is -13.2. The van der Waals surface area contributed by atoms with Crippen LogP contribution < -0.4 is 0 Å². The highest BCUT2D eigenvalue weighted by Crippen LogP contribution is 2.50. The van der Waals surface area contributed by atoms with E-state index >= 15 is 0 Å². The van der Waals surface area contributed by atoms with Gasteiger partial charge in [0, 0.05) is 104 Å². The fourth-order valence-electron chi connectivity index (χ4n) is 17.1. The molecule has 5 aromatic heterocycles. The lowest BCUT2D eigenvalue weighted by atomic mass is 9.94. The maximum Gasteiger partial charge on any atom is 0.164 e. The largest absolute Gasteiger partial charge is 0.309 e. The molecule has 16 aromatic carbocycles. The molecule has 22 rings (SSSR count). The van der Waals surface area contributed by atoms with Crippen molar-refractivity contribution in [2.45, 2.75) is 12.8 Å². The van der Waals surface area contributed by atoms with E-state index in [0.29, 0.717) is 17.5 Å². The number of allylic oxidation sites excluding steroid dienone is 1. The van der Waals surface area contributed by atoms with Gasteiger partial charge in [0.05, 0.1) is 44.1 Å². The second-order valence-corrected chi connectivity index (χ2v) is 26.9. The lowest BCUT2D eigenvalue weighted by molar-refractivity contribution is 0.986.